The second-order valence-electron chi connectivity index (χ2n) is 2.47. The number of aryl methyl sites for hydroxylation is 1. The molecule has 0 saturated carbocycles. The molecule has 1 aromatic carbocycles. The van der Waals surface area contributed by atoms with Crippen LogP contribution in [0.4, 0.5) is 0 Å². The molecule has 0 aromatic heterocycles. The number of carbonyl (C=O) groups is 1. The number of hydrogen-bond acceptors (Lipinski definition) is 2. The molecular weight excluding hydrogens is 224 g/mol. The summed E-state index contributed by atoms with van der Waals surface area (Å²) in [5.41, 5.74) is 1.44. The highest BCUT2D eigenvalue weighted by molar-refractivity contribution is 6.32. The zero-order valence-electron chi connectivity index (χ0n) is 10.9. The summed E-state index contributed by atoms with van der Waals surface area (Å²) < 4.78 is 5.03. The van der Waals surface area contributed by atoms with Crippen LogP contribution in [0.1, 0.15) is 43.6 Å². The average Bonchev–Trinajstić information content (AvgIpc) is 2.33. The molecular formula is C13H21ClO2. The van der Waals surface area contributed by atoms with Gasteiger partial charge in [-0.15, -0.1) is 0 Å². The van der Waals surface area contributed by atoms with E-state index in [4.69, 9.17) is 16.3 Å². The van der Waals surface area contributed by atoms with Crippen molar-refractivity contribution in [3.8, 4) is 5.75 Å². The predicted octanol–water partition coefficient (Wildman–Crippen LogP) is 4.52. The molecule has 0 heterocycles. The van der Waals surface area contributed by atoms with Gasteiger partial charge in [0, 0.05) is 5.56 Å². The predicted molar refractivity (Wildman–Crippen MR) is 70.8 cm³/mol. The van der Waals surface area contributed by atoms with Crippen LogP contribution in [0.15, 0.2) is 12.1 Å². The third-order valence-electron chi connectivity index (χ3n) is 1.59. The maximum Gasteiger partial charge on any atom is 0.150 e. The molecule has 0 spiro atoms. The minimum absolute atomic E-state index is 0.472. The molecule has 0 N–H and O–H groups in total. The molecule has 0 fully saturated rings. The highest BCUT2D eigenvalue weighted by Gasteiger charge is 2.05. The smallest absolute Gasteiger partial charge is 0.150 e. The summed E-state index contributed by atoms with van der Waals surface area (Å²) in [5, 5.41) is 0.472. The molecule has 1 rings (SSSR count). The van der Waals surface area contributed by atoms with Crippen molar-refractivity contribution >= 4 is 17.9 Å². The second-order valence-corrected chi connectivity index (χ2v) is 2.88. The first-order chi connectivity index (χ1) is 7.69. The first kappa shape index (κ1) is 17.4. The third kappa shape index (κ3) is 5.17. The Morgan fingerprint density at radius 3 is 2.00 bits per heavy atom. The number of rotatable bonds is 2. The van der Waals surface area contributed by atoms with Crippen LogP contribution in [0.5, 0.6) is 5.75 Å². The Bertz CT molecular complexity index is 286. The van der Waals surface area contributed by atoms with Crippen LogP contribution in [-0.4, -0.2) is 13.4 Å². The Kier molecular flexibility index (Phi) is 11.4. The molecule has 0 aliphatic carbocycles. The number of ether oxygens (including phenoxy) is 1. The summed E-state index contributed by atoms with van der Waals surface area (Å²) in [6.07, 6.45) is 0.762. The molecule has 3 heteroatoms. The molecule has 0 amide bonds. The Labute approximate surface area is 104 Å². The van der Waals surface area contributed by atoms with Crippen LogP contribution >= 0.6 is 11.6 Å². The van der Waals surface area contributed by atoms with Crippen molar-refractivity contribution in [3.63, 3.8) is 0 Å². The Hall–Kier alpha value is -1.02. The largest absolute Gasteiger partial charge is 0.495 e. The number of hydrogen-bond donors (Lipinski definition) is 0. The van der Waals surface area contributed by atoms with Gasteiger partial charge >= 0.3 is 0 Å². The molecule has 0 radical (unpaired) electrons. The van der Waals surface area contributed by atoms with E-state index in [9.17, 15) is 4.79 Å². The lowest BCUT2D eigenvalue weighted by Crippen LogP contribution is -1.90. The molecule has 16 heavy (non-hydrogen) atoms. The van der Waals surface area contributed by atoms with E-state index in [0.29, 0.717) is 16.3 Å². The highest BCUT2D eigenvalue weighted by atomic mass is 35.5. The van der Waals surface area contributed by atoms with Crippen molar-refractivity contribution in [3.05, 3.63) is 28.3 Å². The summed E-state index contributed by atoms with van der Waals surface area (Å²) in [6.45, 7) is 9.84. The van der Waals surface area contributed by atoms with E-state index in [1.165, 1.54) is 0 Å². The van der Waals surface area contributed by atoms with Crippen LogP contribution in [0.25, 0.3) is 0 Å². The number of aldehydes is 1. The first-order valence-electron chi connectivity index (χ1n) is 5.48. The van der Waals surface area contributed by atoms with Crippen molar-refractivity contribution in [1.29, 1.82) is 0 Å². The number of benzene rings is 1. The molecule has 0 aliphatic rings. The van der Waals surface area contributed by atoms with Gasteiger partial charge < -0.3 is 4.74 Å². The highest BCUT2D eigenvalue weighted by Crippen LogP contribution is 2.28. The molecule has 92 valence electrons. The molecule has 0 saturated heterocycles. The van der Waals surface area contributed by atoms with Gasteiger partial charge in [0.25, 0.3) is 0 Å². The zero-order valence-corrected chi connectivity index (χ0v) is 11.7. The Morgan fingerprint density at radius 1 is 1.19 bits per heavy atom. The van der Waals surface area contributed by atoms with Crippen molar-refractivity contribution in [2.75, 3.05) is 7.11 Å². The minimum atomic E-state index is 0.472. The van der Waals surface area contributed by atoms with E-state index in [1.807, 2.05) is 34.6 Å². The van der Waals surface area contributed by atoms with Crippen LogP contribution in [0.3, 0.4) is 0 Å². The summed E-state index contributed by atoms with van der Waals surface area (Å²) in [6, 6.07) is 3.32. The van der Waals surface area contributed by atoms with E-state index >= 15 is 0 Å². The third-order valence-corrected chi connectivity index (χ3v) is 1.87. The minimum Gasteiger partial charge on any atom is -0.495 e. The van der Waals surface area contributed by atoms with Gasteiger partial charge in [-0.3, -0.25) is 4.79 Å². The quantitative estimate of drug-likeness (QED) is 0.715. The van der Waals surface area contributed by atoms with Crippen molar-refractivity contribution in [2.24, 2.45) is 0 Å². The fraction of sp³-hybridized carbons (Fsp3) is 0.462. The normalized spacial score (nSPS) is 7.94. The summed E-state index contributed by atoms with van der Waals surface area (Å²) in [5.74, 6) is 0.627. The first-order valence-corrected chi connectivity index (χ1v) is 5.86. The fourth-order valence-corrected chi connectivity index (χ4v) is 1.44. The van der Waals surface area contributed by atoms with Gasteiger partial charge in [-0.25, -0.2) is 0 Å². The van der Waals surface area contributed by atoms with Gasteiger partial charge in [-0.05, 0) is 24.6 Å². The lowest BCUT2D eigenvalue weighted by Gasteiger charge is -2.06. The lowest BCUT2D eigenvalue weighted by atomic mass is 10.1. The van der Waals surface area contributed by atoms with Gasteiger partial charge in [0.15, 0.2) is 0 Å². The average molecular weight is 245 g/mol. The Balaban J connectivity index is 0. The van der Waals surface area contributed by atoms with Crippen LogP contribution in [0.2, 0.25) is 5.02 Å². The van der Waals surface area contributed by atoms with E-state index in [0.717, 1.165) is 11.8 Å². The molecule has 1 aromatic rings. The van der Waals surface area contributed by atoms with Gasteiger partial charge in [0.05, 0.1) is 12.1 Å². The summed E-state index contributed by atoms with van der Waals surface area (Å²) in [7, 11) is 1.55. The summed E-state index contributed by atoms with van der Waals surface area (Å²) >= 11 is 5.83. The number of carbonyl (C=O) groups excluding carboxylic acids is 1. The lowest BCUT2D eigenvalue weighted by molar-refractivity contribution is 0.112. The molecule has 2 nitrogen and oxygen atoms in total. The Morgan fingerprint density at radius 2 is 1.69 bits per heavy atom. The zero-order chi connectivity index (χ0) is 13.1. The van der Waals surface area contributed by atoms with Gasteiger partial charge in [-0.2, -0.15) is 0 Å². The van der Waals surface area contributed by atoms with Gasteiger partial charge in [0.1, 0.15) is 12.0 Å². The number of halogens is 1. The molecule has 0 aliphatic heterocycles. The van der Waals surface area contributed by atoms with Gasteiger partial charge in [0.2, 0.25) is 0 Å². The molecule has 0 unspecified atom stereocenters. The standard InChI is InChI=1S/C9H9ClO2.2C2H6/c1-6-3-7(5-11)4-8(10)9(6)12-2;2*1-2/h3-5H,1-2H3;2*1-2H3. The van der Waals surface area contributed by atoms with Crippen LogP contribution in [0, 0.1) is 6.92 Å². The SMILES string of the molecule is CC.CC.COc1c(C)cc(C=O)cc1Cl. The van der Waals surface area contributed by atoms with Crippen molar-refractivity contribution in [1.82, 2.24) is 0 Å². The van der Waals surface area contributed by atoms with Crippen LogP contribution < -0.4 is 4.74 Å². The van der Waals surface area contributed by atoms with E-state index < -0.39 is 0 Å². The molecule has 0 atom stereocenters. The van der Waals surface area contributed by atoms with Crippen LogP contribution in [-0.2, 0) is 0 Å². The van der Waals surface area contributed by atoms with E-state index in [2.05, 4.69) is 0 Å². The van der Waals surface area contributed by atoms with Crippen molar-refractivity contribution < 1.29 is 9.53 Å². The second kappa shape index (κ2) is 10.5. The fourth-order valence-electron chi connectivity index (χ4n) is 1.08. The van der Waals surface area contributed by atoms with E-state index in [1.54, 1.807) is 19.2 Å². The summed E-state index contributed by atoms with van der Waals surface area (Å²) in [4.78, 5) is 10.4. The van der Waals surface area contributed by atoms with Crippen molar-refractivity contribution in [2.45, 2.75) is 34.6 Å². The maximum atomic E-state index is 10.4. The van der Waals surface area contributed by atoms with E-state index in [-0.39, 0.29) is 0 Å². The number of methoxy groups -OCH3 is 1. The monoisotopic (exact) mass is 244 g/mol. The topological polar surface area (TPSA) is 26.3 Å². The maximum absolute atomic E-state index is 10.4. The van der Waals surface area contributed by atoms with Gasteiger partial charge in [-0.1, -0.05) is 39.3 Å². The molecule has 0 bridgehead atoms.